The molecular formula is C24H30N4O3. The first kappa shape index (κ1) is 22.5. The van der Waals surface area contributed by atoms with Gasteiger partial charge < -0.3 is 14.6 Å². The van der Waals surface area contributed by atoms with E-state index in [-0.39, 0.29) is 24.7 Å². The van der Waals surface area contributed by atoms with Crippen LogP contribution in [0.3, 0.4) is 0 Å². The molecule has 0 aliphatic heterocycles. The van der Waals surface area contributed by atoms with Crippen molar-refractivity contribution in [2.24, 2.45) is 0 Å². The Balaban J connectivity index is 1.85. The molecule has 0 radical (unpaired) electrons. The first-order chi connectivity index (χ1) is 15.0. The molecule has 164 valence electrons. The number of pyridine rings is 1. The third-order valence-corrected chi connectivity index (χ3v) is 5.06. The molecule has 0 saturated heterocycles. The van der Waals surface area contributed by atoms with Crippen molar-refractivity contribution in [2.45, 2.75) is 59.4 Å². The topological polar surface area (TPSA) is 86.1 Å². The minimum absolute atomic E-state index is 0.0568. The molecule has 7 nitrogen and oxygen atoms in total. The highest BCUT2D eigenvalue weighted by molar-refractivity contribution is 5.94. The van der Waals surface area contributed by atoms with Crippen LogP contribution in [0, 0.1) is 6.92 Å². The Kier molecular flexibility index (Phi) is 7.76. The Bertz CT molecular complexity index is 1040. The molecule has 3 rings (SSSR count). The van der Waals surface area contributed by atoms with E-state index in [4.69, 9.17) is 14.7 Å². The van der Waals surface area contributed by atoms with E-state index < -0.39 is 0 Å². The third kappa shape index (κ3) is 5.90. The number of aryl methyl sites for hydroxylation is 2. The number of esters is 1. The fourth-order valence-electron chi connectivity index (χ4n) is 3.43. The lowest BCUT2D eigenvalue weighted by molar-refractivity contribution is -0.144. The quantitative estimate of drug-likeness (QED) is 0.489. The number of aromatic nitrogens is 3. The van der Waals surface area contributed by atoms with Crippen LogP contribution in [0.25, 0.3) is 11.2 Å². The summed E-state index contributed by atoms with van der Waals surface area (Å²) in [5.41, 5.74) is 4.10. The van der Waals surface area contributed by atoms with Gasteiger partial charge in [-0.25, -0.2) is 9.97 Å². The van der Waals surface area contributed by atoms with Crippen molar-refractivity contribution in [3.63, 3.8) is 0 Å². The average Bonchev–Trinajstić information content (AvgIpc) is 3.08. The number of imidazole rings is 1. The van der Waals surface area contributed by atoms with Crippen molar-refractivity contribution in [3.8, 4) is 0 Å². The number of hydrogen-bond acceptors (Lipinski definition) is 5. The Hall–Kier alpha value is -3.22. The number of carbonyl (C=O) groups is 2. The molecule has 0 spiro atoms. The highest BCUT2D eigenvalue weighted by Crippen LogP contribution is 2.24. The normalized spacial score (nSPS) is 10.9. The van der Waals surface area contributed by atoms with E-state index in [9.17, 15) is 9.59 Å². The predicted octanol–water partition coefficient (Wildman–Crippen LogP) is 4.41. The van der Waals surface area contributed by atoms with Crippen molar-refractivity contribution >= 4 is 28.7 Å². The van der Waals surface area contributed by atoms with Gasteiger partial charge in [0.05, 0.1) is 31.0 Å². The van der Waals surface area contributed by atoms with Crippen LogP contribution in [0.5, 0.6) is 0 Å². The molecule has 31 heavy (non-hydrogen) atoms. The second-order valence-corrected chi connectivity index (χ2v) is 7.52. The molecule has 1 aromatic carbocycles. The molecule has 0 bridgehead atoms. The number of nitrogens with one attached hydrogen (secondary N) is 1. The van der Waals surface area contributed by atoms with Crippen molar-refractivity contribution < 1.29 is 14.3 Å². The van der Waals surface area contributed by atoms with Gasteiger partial charge in [0.1, 0.15) is 11.3 Å². The van der Waals surface area contributed by atoms with Crippen LogP contribution in [0.1, 0.15) is 56.6 Å². The summed E-state index contributed by atoms with van der Waals surface area (Å²) >= 11 is 0. The predicted molar refractivity (Wildman–Crippen MR) is 121 cm³/mol. The van der Waals surface area contributed by atoms with Crippen molar-refractivity contribution in [1.82, 2.24) is 14.5 Å². The van der Waals surface area contributed by atoms with E-state index in [1.165, 1.54) is 5.56 Å². The summed E-state index contributed by atoms with van der Waals surface area (Å²) in [5, 5.41) is 2.86. The summed E-state index contributed by atoms with van der Waals surface area (Å²) in [7, 11) is 0. The van der Waals surface area contributed by atoms with Gasteiger partial charge in [0.25, 0.3) is 0 Å². The summed E-state index contributed by atoms with van der Waals surface area (Å²) in [5.74, 6) is 0.383. The summed E-state index contributed by atoms with van der Waals surface area (Å²) in [6.07, 6.45) is 3.14. The minimum Gasteiger partial charge on any atom is -0.466 e. The van der Waals surface area contributed by atoms with Gasteiger partial charge in [-0.3, -0.25) is 9.59 Å². The number of amides is 1. The fourth-order valence-corrected chi connectivity index (χ4v) is 3.43. The van der Waals surface area contributed by atoms with Crippen LogP contribution in [-0.2, 0) is 27.3 Å². The van der Waals surface area contributed by atoms with Gasteiger partial charge >= 0.3 is 5.97 Å². The molecule has 3 aromatic rings. The lowest BCUT2D eigenvalue weighted by Gasteiger charge is -2.11. The van der Waals surface area contributed by atoms with E-state index in [1.807, 2.05) is 31.2 Å². The second kappa shape index (κ2) is 10.7. The molecule has 0 saturated carbocycles. The molecule has 0 unspecified atom stereocenters. The standard InChI is InChI=1S/C24H30N4O3/c1-4-6-12-21-26-20-15-19(27-22(29)13-14-23(30)31-5-2)17(3)25-24(20)28(21)16-18-10-8-7-9-11-18/h7-11,15H,4-6,12-14,16H2,1-3H3,(H,27,29). The first-order valence-corrected chi connectivity index (χ1v) is 10.9. The van der Waals surface area contributed by atoms with Gasteiger partial charge in [0, 0.05) is 12.8 Å². The van der Waals surface area contributed by atoms with Gasteiger partial charge in [-0.15, -0.1) is 0 Å². The number of nitrogens with zero attached hydrogens (tertiary/aromatic N) is 3. The Morgan fingerprint density at radius 3 is 2.58 bits per heavy atom. The monoisotopic (exact) mass is 422 g/mol. The smallest absolute Gasteiger partial charge is 0.306 e. The highest BCUT2D eigenvalue weighted by atomic mass is 16.5. The van der Waals surface area contributed by atoms with Crippen LogP contribution in [0.2, 0.25) is 0 Å². The number of carbonyl (C=O) groups excluding carboxylic acids is 2. The van der Waals surface area contributed by atoms with Crippen LogP contribution < -0.4 is 5.32 Å². The molecule has 0 aliphatic carbocycles. The van der Waals surface area contributed by atoms with Gasteiger partial charge in [-0.2, -0.15) is 0 Å². The highest BCUT2D eigenvalue weighted by Gasteiger charge is 2.16. The molecule has 2 aromatic heterocycles. The SMILES string of the molecule is CCCCc1nc2cc(NC(=O)CCC(=O)OCC)c(C)nc2n1Cc1ccccc1. The molecule has 1 N–H and O–H groups in total. The lowest BCUT2D eigenvalue weighted by atomic mass is 10.2. The van der Waals surface area contributed by atoms with Crippen molar-refractivity contribution in [2.75, 3.05) is 11.9 Å². The lowest BCUT2D eigenvalue weighted by Crippen LogP contribution is -2.15. The second-order valence-electron chi connectivity index (χ2n) is 7.52. The molecule has 2 heterocycles. The van der Waals surface area contributed by atoms with E-state index in [2.05, 4.69) is 28.9 Å². The zero-order chi connectivity index (χ0) is 22.2. The van der Waals surface area contributed by atoms with Crippen LogP contribution in [0.15, 0.2) is 36.4 Å². The number of fused-ring (bicyclic) bond motifs is 1. The van der Waals surface area contributed by atoms with E-state index >= 15 is 0 Å². The number of ether oxygens (including phenoxy) is 1. The molecule has 0 atom stereocenters. The van der Waals surface area contributed by atoms with Gasteiger partial charge in [0.2, 0.25) is 5.91 Å². The maximum atomic E-state index is 12.3. The molecular weight excluding hydrogens is 392 g/mol. The zero-order valence-electron chi connectivity index (χ0n) is 18.5. The van der Waals surface area contributed by atoms with Crippen LogP contribution in [-0.4, -0.2) is 33.0 Å². The summed E-state index contributed by atoms with van der Waals surface area (Å²) < 4.78 is 7.04. The van der Waals surface area contributed by atoms with E-state index in [1.54, 1.807) is 6.92 Å². The maximum Gasteiger partial charge on any atom is 0.306 e. The average molecular weight is 423 g/mol. The molecule has 0 aliphatic rings. The van der Waals surface area contributed by atoms with Crippen molar-refractivity contribution in [3.05, 3.63) is 53.5 Å². The van der Waals surface area contributed by atoms with Crippen LogP contribution >= 0.6 is 0 Å². The Morgan fingerprint density at radius 2 is 1.87 bits per heavy atom. The maximum absolute atomic E-state index is 12.3. The zero-order valence-corrected chi connectivity index (χ0v) is 18.5. The summed E-state index contributed by atoms with van der Waals surface area (Å²) in [4.78, 5) is 33.4. The first-order valence-electron chi connectivity index (χ1n) is 10.9. The van der Waals surface area contributed by atoms with Gasteiger partial charge in [0.15, 0.2) is 5.65 Å². The summed E-state index contributed by atoms with van der Waals surface area (Å²) in [6, 6.07) is 12.1. The molecule has 0 fully saturated rings. The number of rotatable bonds is 10. The van der Waals surface area contributed by atoms with Crippen molar-refractivity contribution in [1.29, 1.82) is 0 Å². The number of hydrogen-bond donors (Lipinski definition) is 1. The Morgan fingerprint density at radius 1 is 1.10 bits per heavy atom. The van der Waals surface area contributed by atoms with E-state index in [0.29, 0.717) is 24.5 Å². The fraction of sp³-hybridized carbons (Fsp3) is 0.417. The summed E-state index contributed by atoms with van der Waals surface area (Å²) in [6.45, 7) is 6.79. The van der Waals surface area contributed by atoms with Gasteiger partial charge in [-0.05, 0) is 31.9 Å². The van der Waals surface area contributed by atoms with E-state index in [0.717, 1.165) is 36.3 Å². The molecule has 7 heteroatoms. The largest absolute Gasteiger partial charge is 0.466 e. The number of benzene rings is 1. The minimum atomic E-state index is -0.372. The number of anilines is 1. The third-order valence-electron chi connectivity index (χ3n) is 5.06. The Labute approximate surface area is 182 Å². The number of unbranched alkanes of at least 4 members (excludes halogenated alkanes) is 1. The molecule has 1 amide bonds. The van der Waals surface area contributed by atoms with Crippen LogP contribution in [0.4, 0.5) is 5.69 Å². The van der Waals surface area contributed by atoms with Gasteiger partial charge in [-0.1, -0.05) is 43.7 Å².